The van der Waals surface area contributed by atoms with Crippen LogP contribution in [0, 0.1) is 0 Å². The summed E-state index contributed by atoms with van der Waals surface area (Å²) in [5, 5.41) is 8.79. The second kappa shape index (κ2) is 2.76. The van der Waals surface area contributed by atoms with Crippen LogP contribution in [0.15, 0.2) is 0 Å². The summed E-state index contributed by atoms with van der Waals surface area (Å²) in [7, 11) is 0. The molecule has 0 saturated carbocycles. The van der Waals surface area contributed by atoms with Gasteiger partial charge in [-0.1, -0.05) is 0 Å². The number of carbonyl (C=O) groups excluding carboxylic acids is 2. The molecule has 0 aromatic carbocycles. The Bertz CT molecular complexity index is 151. The number of hydrogen-bond acceptors (Lipinski definition) is 4. The molecule has 1 aliphatic rings. The lowest BCUT2D eigenvalue weighted by Crippen LogP contribution is -2.29. The Morgan fingerprint density at radius 3 is 2.30 bits per heavy atom. The van der Waals surface area contributed by atoms with Gasteiger partial charge in [0, 0.05) is 12.8 Å². The first-order valence-electron chi connectivity index (χ1n) is 2.85. The molecule has 0 atom stereocenters. The van der Waals surface area contributed by atoms with Gasteiger partial charge in [-0.3, -0.25) is 9.59 Å². The van der Waals surface area contributed by atoms with Crippen LogP contribution in [0.4, 0.5) is 0 Å². The largest absolute Gasteiger partial charge is 0.368 e. The third-order valence-corrected chi connectivity index (χ3v) is 1.19. The first-order valence-corrected chi connectivity index (χ1v) is 2.85. The molecule has 1 heterocycles. The molecule has 0 spiro atoms. The number of amides is 2. The second-order valence-corrected chi connectivity index (χ2v) is 1.84. The molecule has 56 valence electrons. The smallest absolute Gasteiger partial charge is 0.254 e. The Morgan fingerprint density at radius 2 is 1.90 bits per heavy atom. The van der Waals surface area contributed by atoms with Crippen molar-refractivity contribution in [3.63, 3.8) is 0 Å². The number of rotatable bonds is 2. The Kier molecular flexibility index (Phi) is 1.98. The van der Waals surface area contributed by atoms with Crippen molar-refractivity contribution in [2.24, 2.45) is 0 Å². The molecule has 1 fully saturated rings. The number of aliphatic hydroxyl groups is 1. The lowest BCUT2D eigenvalue weighted by atomic mass is 10.4. The Hall–Kier alpha value is -0.940. The highest BCUT2D eigenvalue weighted by Crippen LogP contribution is 2.10. The lowest BCUT2D eigenvalue weighted by molar-refractivity contribution is -0.208. The zero-order valence-corrected chi connectivity index (χ0v) is 5.24. The van der Waals surface area contributed by atoms with Gasteiger partial charge in [0.05, 0.1) is 0 Å². The van der Waals surface area contributed by atoms with Crippen LogP contribution < -0.4 is 0 Å². The van der Waals surface area contributed by atoms with Crippen LogP contribution in [0.1, 0.15) is 12.8 Å². The summed E-state index contributed by atoms with van der Waals surface area (Å²) < 4.78 is 0. The summed E-state index contributed by atoms with van der Waals surface area (Å²) in [6.07, 6.45) is 0.359. The van der Waals surface area contributed by atoms with E-state index in [1.165, 1.54) is 0 Å². The Balaban J connectivity index is 2.54. The van der Waals surface area contributed by atoms with Crippen LogP contribution >= 0.6 is 0 Å². The van der Waals surface area contributed by atoms with Gasteiger partial charge < -0.3 is 5.11 Å². The van der Waals surface area contributed by atoms with Gasteiger partial charge in [-0.25, -0.2) is 4.84 Å². The standard InChI is InChI=1S/C5H7NO4/c7-3-10-6-4(8)1-2-5(6)9/h7H,1-3H2. The van der Waals surface area contributed by atoms with Crippen LogP contribution in [0.25, 0.3) is 0 Å². The van der Waals surface area contributed by atoms with Crippen LogP contribution in [-0.2, 0) is 14.4 Å². The van der Waals surface area contributed by atoms with Crippen molar-refractivity contribution in [3.05, 3.63) is 0 Å². The third-order valence-electron chi connectivity index (χ3n) is 1.19. The molecular formula is C5H7NO4. The highest BCUT2D eigenvalue weighted by molar-refractivity contribution is 6.00. The molecule has 1 rings (SSSR count). The van der Waals surface area contributed by atoms with Gasteiger partial charge in [0.2, 0.25) is 0 Å². The maximum Gasteiger partial charge on any atom is 0.254 e. The number of hydroxylamine groups is 2. The summed E-state index contributed by atoms with van der Waals surface area (Å²) in [5.74, 6) is -0.780. The molecule has 0 aromatic heterocycles. The van der Waals surface area contributed by atoms with Gasteiger partial charge in [0.15, 0.2) is 6.79 Å². The maximum absolute atomic E-state index is 10.6. The van der Waals surface area contributed by atoms with E-state index in [0.29, 0.717) is 5.06 Å². The van der Waals surface area contributed by atoms with Gasteiger partial charge in [0.1, 0.15) is 0 Å². The molecule has 0 unspecified atom stereocenters. The summed E-state index contributed by atoms with van der Waals surface area (Å²) >= 11 is 0. The maximum atomic E-state index is 10.6. The van der Waals surface area contributed by atoms with Crippen molar-refractivity contribution in [1.29, 1.82) is 0 Å². The van der Waals surface area contributed by atoms with Gasteiger partial charge in [-0.05, 0) is 0 Å². The Morgan fingerprint density at radius 1 is 1.40 bits per heavy atom. The van der Waals surface area contributed by atoms with E-state index < -0.39 is 6.79 Å². The van der Waals surface area contributed by atoms with E-state index >= 15 is 0 Å². The highest BCUT2D eigenvalue weighted by atomic mass is 16.7. The average Bonchev–Trinajstić information content (AvgIpc) is 2.20. The van der Waals surface area contributed by atoms with Gasteiger partial charge in [0.25, 0.3) is 11.8 Å². The number of carbonyl (C=O) groups is 2. The van der Waals surface area contributed by atoms with Gasteiger partial charge >= 0.3 is 0 Å². The fourth-order valence-corrected chi connectivity index (χ4v) is 0.758. The quantitative estimate of drug-likeness (QED) is 0.400. The van der Waals surface area contributed by atoms with Gasteiger partial charge in [-0.15, -0.1) is 0 Å². The molecule has 0 bridgehead atoms. The van der Waals surface area contributed by atoms with Crippen LogP contribution in [0.3, 0.4) is 0 Å². The lowest BCUT2D eigenvalue weighted by Gasteiger charge is -2.09. The van der Waals surface area contributed by atoms with Crippen molar-refractivity contribution in [2.75, 3.05) is 6.79 Å². The summed E-state index contributed by atoms with van der Waals surface area (Å²) in [5.41, 5.74) is 0. The Labute approximate surface area is 57.1 Å². The highest BCUT2D eigenvalue weighted by Gasteiger charge is 2.29. The van der Waals surface area contributed by atoms with Crippen molar-refractivity contribution < 1.29 is 19.5 Å². The fourth-order valence-electron chi connectivity index (χ4n) is 0.758. The minimum atomic E-state index is -0.641. The molecule has 1 aliphatic heterocycles. The third kappa shape index (κ3) is 1.14. The summed E-state index contributed by atoms with van der Waals surface area (Å²) in [6, 6.07) is 0. The minimum absolute atomic E-state index is 0.179. The van der Waals surface area contributed by atoms with E-state index in [1.807, 2.05) is 0 Å². The van der Waals surface area contributed by atoms with Crippen molar-refractivity contribution in [3.8, 4) is 0 Å². The minimum Gasteiger partial charge on any atom is -0.368 e. The molecule has 5 heteroatoms. The number of hydrogen-bond donors (Lipinski definition) is 1. The topological polar surface area (TPSA) is 66.8 Å². The summed E-state index contributed by atoms with van der Waals surface area (Å²) in [4.78, 5) is 25.6. The van der Waals surface area contributed by atoms with Crippen LogP contribution in [0.5, 0.6) is 0 Å². The molecule has 5 nitrogen and oxygen atoms in total. The molecule has 10 heavy (non-hydrogen) atoms. The fraction of sp³-hybridized carbons (Fsp3) is 0.600. The van der Waals surface area contributed by atoms with E-state index in [1.54, 1.807) is 0 Å². The number of imide groups is 1. The van der Waals surface area contributed by atoms with Crippen molar-refractivity contribution >= 4 is 11.8 Å². The molecule has 0 aromatic rings. The van der Waals surface area contributed by atoms with E-state index in [2.05, 4.69) is 4.84 Å². The molecule has 0 radical (unpaired) electrons. The number of nitrogens with zero attached hydrogens (tertiary/aromatic N) is 1. The van der Waals surface area contributed by atoms with Crippen molar-refractivity contribution in [2.45, 2.75) is 12.8 Å². The van der Waals surface area contributed by atoms with Crippen LogP contribution in [0.2, 0.25) is 0 Å². The summed E-state index contributed by atoms with van der Waals surface area (Å²) in [6.45, 7) is -0.641. The molecule has 0 aliphatic carbocycles. The van der Waals surface area contributed by atoms with Crippen molar-refractivity contribution in [1.82, 2.24) is 5.06 Å². The predicted octanol–water partition coefficient (Wildman–Crippen LogP) is -0.983. The first kappa shape index (κ1) is 7.17. The molecular weight excluding hydrogens is 138 g/mol. The second-order valence-electron chi connectivity index (χ2n) is 1.84. The zero-order valence-electron chi connectivity index (χ0n) is 5.24. The van der Waals surface area contributed by atoms with E-state index in [4.69, 9.17) is 5.11 Å². The first-order chi connectivity index (χ1) is 4.75. The van der Waals surface area contributed by atoms with Crippen LogP contribution in [-0.4, -0.2) is 28.8 Å². The van der Waals surface area contributed by atoms with E-state index in [-0.39, 0.29) is 24.7 Å². The van der Waals surface area contributed by atoms with E-state index in [0.717, 1.165) is 0 Å². The predicted molar refractivity (Wildman–Crippen MR) is 29.3 cm³/mol. The monoisotopic (exact) mass is 145 g/mol. The normalized spacial score (nSPS) is 18.7. The molecule has 1 saturated heterocycles. The molecule has 1 N–H and O–H groups in total. The molecule has 2 amide bonds. The average molecular weight is 145 g/mol. The SMILES string of the molecule is O=C1CCC(=O)N1OCO. The number of aliphatic hydroxyl groups excluding tert-OH is 1. The van der Waals surface area contributed by atoms with Gasteiger partial charge in [-0.2, -0.15) is 5.06 Å². The zero-order chi connectivity index (χ0) is 7.56. The van der Waals surface area contributed by atoms with E-state index in [9.17, 15) is 9.59 Å².